The Morgan fingerprint density at radius 3 is 2.36 bits per heavy atom. The molecule has 5 nitrogen and oxygen atoms in total. The minimum Gasteiger partial charge on any atom is -0.312 e. The van der Waals surface area contributed by atoms with Gasteiger partial charge in [-0.1, -0.05) is 48.5 Å². The molecular formula is C20H16N4O. The predicted molar refractivity (Wildman–Crippen MR) is 98.3 cm³/mol. The second-order valence-electron chi connectivity index (χ2n) is 5.75. The molecule has 0 aliphatic heterocycles. The minimum atomic E-state index is -0.192. The molecule has 0 saturated heterocycles. The molecule has 5 heteroatoms. The molecule has 0 aliphatic rings. The molecule has 0 bridgehead atoms. The van der Waals surface area contributed by atoms with Crippen molar-refractivity contribution in [2.24, 2.45) is 7.05 Å². The van der Waals surface area contributed by atoms with Crippen LogP contribution in [0.25, 0.3) is 22.3 Å². The third kappa shape index (κ3) is 2.87. The van der Waals surface area contributed by atoms with Crippen LogP contribution in [0.1, 0.15) is 10.4 Å². The highest BCUT2D eigenvalue weighted by atomic mass is 16.1. The van der Waals surface area contributed by atoms with Crippen LogP contribution in [0.15, 0.2) is 72.9 Å². The third-order valence-corrected chi connectivity index (χ3v) is 4.11. The van der Waals surface area contributed by atoms with Crippen molar-refractivity contribution in [2.45, 2.75) is 0 Å². The van der Waals surface area contributed by atoms with Crippen LogP contribution in [0.3, 0.4) is 0 Å². The number of benzene rings is 2. The molecule has 0 fully saturated rings. The van der Waals surface area contributed by atoms with Crippen molar-refractivity contribution in [3.05, 3.63) is 78.5 Å². The van der Waals surface area contributed by atoms with Crippen LogP contribution in [0, 0.1) is 0 Å². The largest absolute Gasteiger partial charge is 0.312 e. The third-order valence-electron chi connectivity index (χ3n) is 4.11. The molecule has 0 unspecified atom stereocenters. The lowest BCUT2D eigenvalue weighted by Crippen LogP contribution is -2.14. The number of hydrogen-bond acceptors (Lipinski definition) is 3. The Bertz CT molecular complexity index is 1040. The lowest BCUT2D eigenvalue weighted by Gasteiger charge is -2.05. The van der Waals surface area contributed by atoms with E-state index in [2.05, 4.69) is 15.3 Å². The van der Waals surface area contributed by atoms with Gasteiger partial charge < -0.3 is 4.57 Å². The van der Waals surface area contributed by atoms with Gasteiger partial charge in [0, 0.05) is 24.4 Å². The summed E-state index contributed by atoms with van der Waals surface area (Å²) in [4.78, 5) is 21.2. The number of pyridine rings is 1. The Morgan fingerprint density at radius 1 is 0.960 bits per heavy atom. The standard InChI is InChI=1S/C20H16N4O/c1-24-17-12-16(14-8-4-2-5-9-14)13-21-18(17)22-20(24)23-19(25)15-10-6-3-7-11-15/h2-13H,1H3,(H,21,22,23,25). The van der Waals surface area contributed by atoms with Crippen molar-refractivity contribution in [1.29, 1.82) is 0 Å². The number of aromatic nitrogens is 3. The second kappa shape index (κ2) is 6.20. The average molecular weight is 328 g/mol. The number of anilines is 1. The Kier molecular flexibility index (Phi) is 3.74. The molecule has 4 rings (SSSR count). The molecule has 0 aliphatic carbocycles. The number of hydrogen-bond donors (Lipinski definition) is 1. The van der Waals surface area contributed by atoms with Crippen molar-refractivity contribution < 1.29 is 4.79 Å². The summed E-state index contributed by atoms with van der Waals surface area (Å²) < 4.78 is 1.84. The van der Waals surface area contributed by atoms with Crippen LogP contribution in [-0.2, 0) is 7.05 Å². The van der Waals surface area contributed by atoms with E-state index in [0.29, 0.717) is 17.2 Å². The molecule has 0 atom stereocenters. The van der Waals surface area contributed by atoms with Gasteiger partial charge in [-0.05, 0) is 23.8 Å². The summed E-state index contributed by atoms with van der Waals surface area (Å²) in [5, 5.41) is 2.85. The molecule has 1 amide bonds. The monoisotopic (exact) mass is 328 g/mol. The SMILES string of the molecule is Cn1c(NC(=O)c2ccccc2)nc2ncc(-c3ccccc3)cc21. The molecule has 0 spiro atoms. The average Bonchev–Trinajstić information content (AvgIpc) is 2.98. The molecule has 25 heavy (non-hydrogen) atoms. The summed E-state index contributed by atoms with van der Waals surface area (Å²) in [5.74, 6) is 0.281. The van der Waals surface area contributed by atoms with E-state index in [1.165, 1.54) is 0 Å². The maximum absolute atomic E-state index is 12.3. The van der Waals surface area contributed by atoms with E-state index in [1.54, 1.807) is 18.3 Å². The van der Waals surface area contributed by atoms with Gasteiger partial charge in [0.25, 0.3) is 5.91 Å². The fraction of sp³-hybridized carbons (Fsp3) is 0.0500. The van der Waals surface area contributed by atoms with Gasteiger partial charge in [0.15, 0.2) is 5.65 Å². The number of nitrogens with one attached hydrogen (secondary N) is 1. The Balaban J connectivity index is 1.69. The summed E-state index contributed by atoms with van der Waals surface area (Å²) in [6, 6.07) is 21.2. The van der Waals surface area contributed by atoms with Crippen LogP contribution in [0.2, 0.25) is 0 Å². The molecule has 0 radical (unpaired) electrons. The normalized spacial score (nSPS) is 10.8. The molecule has 2 heterocycles. The molecule has 1 N–H and O–H groups in total. The molecule has 2 aromatic carbocycles. The minimum absolute atomic E-state index is 0.192. The van der Waals surface area contributed by atoms with E-state index in [-0.39, 0.29) is 5.91 Å². The maximum Gasteiger partial charge on any atom is 0.257 e. The predicted octanol–water partition coefficient (Wildman–Crippen LogP) is 3.89. The van der Waals surface area contributed by atoms with Crippen molar-refractivity contribution in [3.63, 3.8) is 0 Å². The summed E-state index contributed by atoms with van der Waals surface area (Å²) in [6.07, 6.45) is 1.80. The van der Waals surface area contributed by atoms with Gasteiger partial charge in [-0.2, -0.15) is 4.98 Å². The van der Waals surface area contributed by atoms with E-state index in [1.807, 2.05) is 66.2 Å². The van der Waals surface area contributed by atoms with E-state index in [0.717, 1.165) is 16.6 Å². The molecule has 0 saturated carbocycles. The van der Waals surface area contributed by atoms with Gasteiger partial charge in [0.2, 0.25) is 5.95 Å². The van der Waals surface area contributed by atoms with E-state index in [9.17, 15) is 4.79 Å². The van der Waals surface area contributed by atoms with E-state index < -0.39 is 0 Å². The lowest BCUT2D eigenvalue weighted by atomic mass is 10.1. The van der Waals surface area contributed by atoms with E-state index >= 15 is 0 Å². The zero-order chi connectivity index (χ0) is 17.2. The smallest absolute Gasteiger partial charge is 0.257 e. The fourth-order valence-electron chi connectivity index (χ4n) is 2.73. The van der Waals surface area contributed by atoms with Crippen LogP contribution in [0.5, 0.6) is 0 Å². The van der Waals surface area contributed by atoms with Crippen LogP contribution < -0.4 is 5.32 Å². The van der Waals surface area contributed by atoms with Gasteiger partial charge in [0.05, 0.1) is 5.52 Å². The lowest BCUT2D eigenvalue weighted by molar-refractivity contribution is 0.102. The number of amides is 1. The summed E-state index contributed by atoms with van der Waals surface area (Å²) in [5.41, 5.74) is 4.16. The first-order valence-corrected chi connectivity index (χ1v) is 7.96. The number of imidazole rings is 1. The first-order chi connectivity index (χ1) is 12.2. The quantitative estimate of drug-likeness (QED) is 0.621. The molecular weight excluding hydrogens is 312 g/mol. The van der Waals surface area contributed by atoms with Crippen molar-refractivity contribution >= 4 is 23.0 Å². The van der Waals surface area contributed by atoms with Gasteiger partial charge in [-0.25, -0.2) is 4.98 Å². The first kappa shape index (κ1) is 15.1. The summed E-state index contributed by atoms with van der Waals surface area (Å²) >= 11 is 0. The van der Waals surface area contributed by atoms with Gasteiger partial charge in [-0.3, -0.25) is 10.1 Å². The van der Waals surface area contributed by atoms with Crippen LogP contribution in [-0.4, -0.2) is 20.4 Å². The van der Waals surface area contributed by atoms with Crippen molar-refractivity contribution in [3.8, 4) is 11.1 Å². The number of rotatable bonds is 3. The van der Waals surface area contributed by atoms with Crippen LogP contribution in [0.4, 0.5) is 5.95 Å². The highest BCUT2D eigenvalue weighted by Crippen LogP contribution is 2.24. The summed E-state index contributed by atoms with van der Waals surface area (Å²) in [6.45, 7) is 0. The second-order valence-corrected chi connectivity index (χ2v) is 5.75. The highest BCUT2D eigenvalue weighted by molar-refractivity contribution is 6.04. The zero-order valence-corrected chi connectivity index (χ0v) is 13.7. The molecule has 4 aromatic rings. The number of aryl methyl sites for hydroxylation is 1. The Labute approximate surface area is 145 Å². The number of nitrogens with zero attached hydrogens (tertiary/aromatic N) is 3. The van der Waals surface area contributed by atoms with E-state index in [4.69, 9.17) is 0 Å². The molecule has 2 aromatic heterocycles. The Morgan fingerprint density at radius 2 is 1.64 bits per heavy atom. The zero-order valence-electron chi connectivity index (χ0n) is 13.7. The van der Waals surface area contributed by atoms with Crippen LogP contribution >= 0.6 is 0 Å². The Hall–Kier alpha value is -3.47. The van der Waals surface area contributed by atoms with Crippen molar-refractivity contribution in [2.75, 3.05) is 5.32 Å². The maximum atomic E-state index is 12.3. The van der Waals surface area contributed by atoms with Crippen molar-refractivity contribution in [1.82, 2.24) is 14.5 Å². The van der Waals surface area contributed by atoms with Gasteiger partial charge in [-0.15, -0.1) is 0 Å². The summed E-state index contributed by atoms with van der Waals surface area (Å²) in [7, 11) is 1.87. The first-order valence-electron chi connectivity index (χ1n) is 7.96. The fourth-order valence-corrected chi connectivity index (χ4v) is 2.73. The number of carbonyl (C=O) groups is 1. The number of carbonyl (C=O) groups excluding carboxylic acids is 1. The van der Waals surface area contributed by atoms with Gasteiger partial charge in [0.1, 0.15) is 0 Å². The van der Waals surface area contributed by atoms with Gasteiger partial charge >= 0.3 is 0 Å². The highest BCUT2D eigenvalue weighted by Gasteiger charge is 2.13. The topological polar surface area (TPSA) is 59.8 Å². The number of fused-ring (bicyclic) bond motifs is 1. The molecule has 122 valence electrons.